The Hall–Kier alpha value is -3.62. The summed E-state index contributed by atoms with van der Waals surface area (Å²) in [7, 11) is 0. The van der Waals surface area contributed by atoms with Gasteiger partial charge in [0.1, 0.15) is 11.5 Å². The first kappa shape index (κ1) is 21.2. The van der Waals surface area contributed by atoms with E-state index in [-0.39, 0.29) is 11.7 Å². The van der Waals surface area contributed by atoms with E-state index in [9.17, 15) is 9.18 Å². The molecule has 33 heavy (non-hydrogen) atoms. The van der Waals surface area contributed by atoms with Crippen LogP contribution in [-0.2, 0) is 4.74 Å². The summed E-state index contributed by atoms with van der Waals surface area (Å²) in [5.74, 6) is -0.557. The summed E-state index contributed by atoms with van der Waals surface area (Å²) in [5.41, 5.74) is 3.90. The molecule has 2 aromatic heterocycles. The molecule has 0 radical (unpaired) electrons. The summed E-state index contributed by atoms with van der Waals surface area (Å²) >= 11 is 0. The number of amides is 1. The van der Waals surface area contributed by atoms with Gasteiger partial charge in [0.25, 0.3) is 5.91 Å². The van der Waals surface area contributed by atoms with E-state index in [1.807, 2.05) is 36.4 Å². The molecule has 4 aromatic rings. The van der Waals surface area contributed by atoms with Crippen LogP contribution in [0.5, 0.6) is 0 Å². The maximum Gasteiger partial charge on any atom is 0.270 e. The Bertz CT molecular complexity index is 1250. The van der Waals surface area contributed by atoms with Crippen LogP contribution in [0.3, 0.4) is 0 Å². The fourth-order valence-corrected chi connectivity index (χ4v) is 3.90. The van der Waals surface area contributed by atoms with Crippen LogP contribution in [0.25, 0.3) is 28.2 Å². The molecule has 0 spiro atoms. The van der Waals surface area contributed by atoms with Gasteiger partial charge < -0.3 is 10.1 Å². The number of fused-ring (bicyclic) bond motifs is 1. The van der Waals surface area contributed by atoms with E-state index in [2.05, 4.69) is 15.3 Å². The lowest BCUT2D eigenvalue weighted by molar-refractivity contribution is 0.0383. The third-order valence-corrected chi connectivity index (χ3v) is 5.69. The van der Waals surface area contributed by atoms with Gasteiger partial charge in [0.05, 0.1) is 24.6 Å². The van der Waals surface area contributed by atoms with Crippen LogP contribution in [0.1, 0.15) is 10.5 Å². The topological polar surface area (TPSA) is 71.8 Å². The number of halogens is 1. The molecule has 1 amide bonds. The molecule has 5 rings (SSSR count). The zero-order valence-electron chi connectivity index (χ0n) is 18.1. The Kier molecular flexibility index (Phi) is 6.10. The summed E-state index contributed by atoms with van der Waals surface area (Å²) in [6, 6.07) is 19.4. The number of carbonyl (C=O) groups is 1. The van der Waals surface area contributed by atoms with Crippen molar-refractivity contribution in [1.82, 2.24) is 24.8 Å². The van der Waals surface area contributed by atoms with Crippen LogP contribution in [0.15, 0.2) is 66.7 Å². The molecule has 1 aliphatic heterocycles. The quantitative estimate of drug-likeness (QED) is 0.493. The van der Waals surface area contributed by atoms with Crippen LogP contribution in [0.4, 0.5) is 4.39 Å². The molecule has 1 saturated heterocycles. The SMILES string of the molecule is O=C(NCCN1CCOCC1)c1cc(-c2ccc(F)cc2)nc2cc(-c3ccccc3)nn12. The third kappa shape index (κ3) is 4.76. The highest BCUT2D eigenvalue weighted by Gasteiger charge is 2.18. The van der Waals surface area contributed by atoms with E-state index in [4.69, 9.17) is 9.72 Å². The van der Waals surface area contributed by atoms with E-state index in [0.717, 1.165) is 49.7 Å². The van der Waals surface area contributed by atoms with E-state index in [1.165, 1.54) is 12.1 Å². The minimum atomic E-state index is -0.323. The maximum absolute atomic E-state index is 13.4. The minimum Gasteiger partial charge on any atom is -0.379 e. The summed E-state index contributed by atoms with van der Waals surface area (Å²) < 4.78 is 20.4. The smallest absolute Gasteiger partial charge is 0.270 e. The highest BCUT2D eigenvalue weighted by atomic mass is 19.1. The summed E-state index contributed by atoms with van der Waals surface area (Å²) in [6.45, 7) is 4.43. The summed E-state index contributed by atoms with van der Waals surface area (Å²) in [6.07, 6.45) is 0. The summed E-state index contributed by atoms with van der Waals surface area (Å²) in [4.78, 5) is 20.1. The number of carbonyl (C=O) groups excluding carboxylic acids is 1. The van der Waals surface area contributed by atoms with Gasteiger partial charge in [-0.05, 0) is 30.3 Å². The van der Waals surface area contributed by atoms with Crippen molar-refractivity contribution in [3.63, 3.8) is 0 Å². The van der Waals surface area contributed by atoms with Crippen molar-refractivity contribution in [2.45, 2.75) is 0 Å². The Morgan fingerprint density at radius 2 is 1.70 bits per heavy atom. The molecule has 0 atom stereocenters. The van der Waals surface area contributed by atoms with Crippen LogP contribution >= 0.6 is 0 Å². The highest BCUT2D eigenvalue weighted by Crippen LogP contribution is 2.24. The lowest BCUT2D eigenvalue weighted by Gasteiger charge is -2.26. The second kappa shape index (κ2) is 9.48. The second-order valence-corrected chi connectivity index (χ2v) is 7.91. The predicted octanol–water partition coefficient (Wildman–Crippen LogP) is 3.26. The van der Waals surface area contributed by atoms with Gasteiger partial charge in [-0.15, -0.1) is 0 Å². The van der Waals surface area contributed by atoms with Gasteiger partial charge in [-0.25, -0.2) is 13.9 Å². The number of morpholine rings is 1. The van der Waals surface area contributed by atoms with E-state index in [1.54, 1.807) is 22.7 Å². The standard InChI is InChI=1S/C25H24FN5O2/c26-20-8-6-19(7-9-20)21-16-23(25(32)27-10-11-30-12-14-33-15-13-30)31-24(28-21)17-22(29-31)18-4-2-1-3-5-18/h1-9,16-17H,10-15H2,(H,27,32). The molecule has 3 heterocycles. The molecule has 168 valence electrons. The highest BCUT2D eigenvalue weighted by molar-refractivity contribution is 5.94. The Labute approximate surface area is 190 Å². The monoisotopic (exact) mass is 445 g/mol. The normalized spacial score (nSPS) is 14.5. The lowest BCUT2D eigenvalue weighted by Crippen LogP contribution is -2.41. The molecule has 0 saturated carbocycles. The van der Waals surface area contributed by atoms with Crippen molar-refractivity contribution in [2.75, 3.05) is 39.4 Å². The zero-order valence-corrected chi connectivity index (χ0v) is 18.1. The van der Waals surface area contributed by atoms with Crippen molar-refractivity contribution < 1.29 is 13.9 Å². The maximum atomic E-state index is 13.4. The number of aromatic nitrogens is 3. The van der Waals surface area contributed by atoms with Gasteiger partial charge in [-0.2, -0.15) is 5.10 Å². The molecule has 8 heteroatoms. The molecule has 0 aliphatic carbocycles. The molecule has 0 unspecified atom stereocenters. The first-order valence-electron chi connectivity index (χ1n) is 11.0. The van der Waals surface area contributed by atoms with E-state index < -0.39 is 0 Å². The molecular weight excluding hydrogens is 421 g/mol. The van der Waals surface area contributed by atoms with Gasteiger partial charge in [0, 0.05) is 43.4 Å². The number of ether oxygens (including phenoxy) is 1. The Morgan fingerprint density at radius 1 is 0.970 bits per heavy atom. The van der Waals surface area contributed by atoms with Crippen molar-refractivity contribution in [1.29, 1.82) is 0 Å². The molecular formula is C25H24FN5O2. The van der Waals surface area contributed by atoms with Crippen molar-refractivity contribution >= 4 is 11.6 Å². The molecule has 2 aromatic carbocycles. The van der Waals surface area contributed by atoms with Gasteiger partial charge in [0.15, 0.2) is 5.65 Å². The number of benzene rings is 2. The number of nitrogens with one attached hydrogen (secondary N) is 1. The number of nitrogens with zero attached hydrogens (tertiary/aromatic N) is 4. The fraction of sp³-hybridized carbons (Fsp3) is 0.240. The number of hydrogen-bond donors (Lipinski definition) is 1. The van der Waals surface area contributed by atoms with Gasteiger partial charge in [-0.3, -0.25) is 9.69 Å². The Morgan fingerprint density at radius 3 is 2.45 bits per heavy atom. The van der Waals surface area contributed by atoms with Crippen LogP contribution < -0.4 is 5.32 Å². The molecule has 1 fully saturated rings. The van der Waals surface area contributed by atoms with E-state index in [0.29, 0.717) is 23.6 Å². The minimum absolute atomic E-state index is 0.235. The fourth-order valence-electron chi connectivity index (χ4n) is 3.90. The van der Waals surface area contributed by atoms with Gasteiger partial charge in [-0.1, -0.05) is 30.3 Å². The summed E-state index contributed by atoms with van der Waals surface area (Å²) in [5, 5.41) is 7.66. The van der Waals surface area contributed by atoms with E-state index >= 15 is 0 Å². The van der Waals surface area contributed by atoms with Gasteiger partial charge >= 0.3 is 0 Å². The lowest BCUT2D eigenvalue weighted by atomic mass is 10.1. The predicted molar refractivity (Wildman–Crippen MR) is 123 cm³/mol. The van der Waals surface area contributed by atoms with Crippen molar-refractivity contribution in [3.8, 4) is 22.5 Å². The molecule has 0 bridgehead atoms. The van der Waals surface area contributed by atoms with Crippen LogP contribution in [0.2, 0.25) is 0 Å². The average Bonchev–Trinajstić information content (AvgIpc) is 3.29. The Balaban J connectivity index is 1.48. The van der Waals surface area contributed by atoms with Crippen molar-refractivity contribution in [2.24, 2.45) is 0 Å². The number of hydrogen-bond acceptors (Lipinski definition) is 5. The molecule has 7 nitrogen and oxygen atoms in total. The molecule has 1 N–H and O–H groups in total. The van der Waals surface area contributed by atoms with Crippen LogP contribution in [0, 0.1) is 5.82 Å². The second-order valence-electron chi connectivity index (χ2n) is 7.91. The first-order valence-corrected chi connectivity index (χ1v) is 11.0. The third-order valence-electron chi connectivity index (χ3n) is 5.69. The number of rotatable bonds is 6. The average molecular weight is 445 g/mol. The first-order chi connectivity index (χ1) is 16.2. The largest absolute Gasteiger partial charge is 0.379 e. The van der Waals surface area contributed by atoms with Crippen molar-refractivity contribution in [3.05, 3.63) is 78.2 Å². The zero-order chi connectivity index (χ0) is 22.6. The van der Waals surface area contributed by atoms with Crippen LogP contribution in [-0.4, -0.2) is 64.8 Å². The van der Waals surface area contributed by atoms with Gasteiger partial charge in [0.2, 0.25) is 0 Å². The molecule has 1 aliphatic rings.